The van der Waals surface area contributed by atoms with Crippen LogP contribution in [-0.2, 0) is 11.3 Å². The number of piperazine rings is 1. The van der Waals surface area contributed by atoms with Gasteiger partial charge in [-0.3, -0.25) is 19.9 Å². The number of aromatic nitrogens is 4. The van der Waals surface area contributed by atoms with Crippen LogP contribution in [-0.4, -0.2) is 94.9 Å². The minimum absolute atomic E-state index is 0.0154. The fourth-order valence-corrected chi connectivity index (χ4v) is 5.56. The van der Waals surface area contributed by atoms with E-state index < -0.39 is 11.8 Å². The summed E-state index contributed by atoms with van der Waals surface area (Å²) in [6.07, 6.45) is 2.52. The van der Waals surface area contributed by atoms with Crippen molar-refractivity contribution in [3.8, 4) is 11.5 Å². The number of urea groups is 1. The molecule has 2 saturated heterocycles. The van der Waals surface area contributed by atoms with E-state index in [9.17, 15) is 14.0 Å². The molecule has 3 amide bonds. The predicted octanol–water partition coefficient (Wildman–Crippen LogP) is 4.00. The number of anilines is 3. The van der Waals surface area contributed by atoms with Crippen LogP contribution in [0.3, 0.4) is 0 Å². The number of nitrogens with zero attached hydrogens (tertiary/aromatic N) is 7. The second kappa shape index (κ2) is 14.2. The van der Waals surface area contributed by atoms with Crippen molar-refractivity contribution >= 4 is 51.8 Å². The minimum Gasteiger partial charge on any atom is -0.493 e. The van der Waals surface area contributed by atoms with Crippen molar-refractivity contribution in [1.82, 2.24) is 35.3 Å². The van der Waals surface area contributed by atoms with Crippen molar-refractivity contribution in [2.24, 2.45) is 0 Å². The fraction of sp³-hybridized carbons (Fsp3) is 0.355. The van der Waals surface area contributed by atoms with E-state index in [4.69, 9.17) is 21.1 Å². The van der Waals surface area contributed by atoms with Crippen LogP contribution >= 0.6 is 11.6 Å². The predicted molar refractivity (Wildman–Crippen MR) is 170 cm³/mol. The zero-order chi connectivity index (χ0) is 32.0. The molecule has 0 unspecified atom stereocenters. The molecule has 2 aromatic heterocycles. The third kappa shape index (κ3) is 7.41. The third-order valence-electron chi connectivity index (χ3n) is 7.87. The maximum absolute atomic E-state index is 13.6. The van der Waals surface area contributed by atoms with Gasteiger partial charge in [-0.15, -0.1) is 5.10 Å². The van der Waals surface area contributed by atoms with Crippen molar-refractivity contribution < 1.29 is 23.5 Å². The number of fused-ring (bicyclic) bond motifs is 1. The average Bonchev–Trinajstić information content (AvgIpc) is 3.06. The van der Waals surface area contributed by atoms with Gasteiger partial charge in [-0.1, -0.05) is 11.6 Å². The van der Waals surface area contributed by atoms with Crippen molar-refractivity contribution in [1.29, 1.82) is 0 Å². The van der Waals surface area contributed by atoms with Gasteiger partial charge in [0.1, 0.15) is 18.0 Å². The van der Waals surface area contributed by atoms with E-state index >= 15 is 0 Å². The van der Waals surface area contributed by atoms with Gasteiger partial charge in [-0.2, -0.15) is 5.10 Å². The number of ether oxygens (including phenoxy) is 2. The molecular weight excluding hydrogens is 617 g/mol. The number of imide groups is 1. The van der Waals surface area contributed by atoms with Crippen LogP contribution in [0.25, 0.3) is 10.9 Å². The van der Waals surface area contributed by atoms with Crippen LogP contribution in [0.4, 0.5) is 26.5 Å². The van der Waals surface area contributed by atoms with Gasteiger partial charge in [0, 0.05) is 69.4 Å². The van der Waals surface area contributed by atoms with Gasteiger partial charge in [0.15, 0.2) is 17.3 Å². The molecule has 0 radical (unpaired) electrons. The maximum Gasteiger partial charge on any atom is 0.329 e. The molecule has 2 aliphatic rings. The van der Waals surface area contributed by atoms with E-state index in [0.29, 0.717) is 54.0 Å². The average molecular weight is 650 g/mol. The summed E-state index contributed by atoms with van der Waals surface area (Å²) in [5.74, 6) is 1.34. The van der Waals surface area contributed by atoms with Crippen LogP contribution < -0.4 is 25.0 Å². The summed E-state index contributed by atoms with van der Waals surface area (Å²) < 4.78 is 25.4. The van der Waals surface area contributed by atoms with Crippen LogP contribution in [0.2, 0.25) is 5.02 Å². The minimum atomic E-state index is -0.494. The highest BCUT2D eigenvalue weighted by Gasteiger charge is 2.25. The van der Waals surface area contributed by atoms with Crippen molar-refractivity contribution in [2.45, 2.75) is 19.4 Å². The molecular formula is C31H33ClFN9O4. The van der Waals surface area contributed by atoms with Gasteiger partial charge in [-0.25, -0.2) is 19.2 Å². The Morgan fingerprint density at radius 2 is 1.80 bits per heavy atom. The molecule has 2 aliphatic heterocycles. The maximum atomic E-state index is 13.6. The van der Waals surface area contributed by atoms with Crippen molar-refractivity contribution in [3.05, 3.63) is 65.3 Å². The van der Waals surface area contributed by atoms with Gasteiger partial charge < -0.3 is 19.7 Å². The number of hydrogen-bond donors (Lipinski definition) is 2. The van der Waals surface area contributed by atoms with E-state index in [2.05, 4.69) is 40.6 Å². The molecule has 46 heavy (non-hydrogen) atoms. The number of rotatable bonds is 11. The number of amides is 3. The second-order valence-electron chi connectivity index (χ2n) is 11.0. The monoisotopic (exact) mass is 649 g/mol. The molecule has 0 saturated carbocycles. The second-order valence-corrected chi connectivity index (χ2v) is 11.4. The molecule has 15 heteroatoms. The summed E-state index contributed by atoms with van der Waals surface area (Å²) in [5.41, 5.74) is 2.09. The lowest BCUT2D eigenvalue weighted by molar-refractivity contribution is -0.120. The number of carbonyl (C=O) groups is 2. The Morgan fingerprint density at radius 3 is 2.54 bits per heavy atom. The molecule has 2 N–H and O–H groups in total. The third-order valence-corrected chi connectivity index (χ3v) is 8.16. The number of methoxy groups -OCH3 is 1. The number of halogens is 2. The van der Waals surface area contributed by atoms with Gasteiger partial charge in [0.25, 0.3) is 0 Å². The lowest BCUT2D eigenvalue weighted by Crippen LogP contribution is -2.50. The fourth-order valence-electron chi connectivity index (χ4n) is 5.38. The number of carbonyl (C=O) groups excluding carboxylic acids is 2. The quantitative estimate of drug-likeness (QED) is 0.228. The van der Waals surface area contributed by atoms with E-state index in [-0.39, 0.29) is 17.4 Å². The van der Waals surface area contributed by atoms with Crippen LogP contribution in [0.15, 0.2) is 48.8 Å². The molecule has 4 aromatic rings. The Bertz CT molecular complexity index is 1720. The van der Waals surface area contributed by atoms with Gasteiger partial charge >= 0.3 is 6.03 Å². The van der Waals surface area contributed by atoms with Gasteiger partial charge in [0.2, 0.25) is 5.91 Å². The summed E-state index contributed by atoms with van der Waals surface area (Å²) >= 11 is 5.95. The molecule has 0 bridgehead atoms. The first-order valence-electron chi connectivity index (χ1n) is 14.9. The molecule has 4 heterocycles. The number of benzene rings is 2. The molecule has 0 atom stereocenters. The highest BCUT2D eigenvalue weighted by Crippen LogP contribution is 2.35. The van der Waals surface area contributed by atoms with Crippen molar-refractivity contribution in [3.63, 3.8) is 0 Å². The van der Waals surface area contributed by atoms with Crippen LogP contribution in [0.5, 0.6) is 11.5 Å². The highest BCUT2D eigenvalue weighted by molar-refractivity contribution is 6.31. The molecule has 2 fully saturated rings. The normalized spacial score (nSPS) is 16.0. The highest BCUT2D eigenvalue weighted by atomic mass is 35.5. The molecule has 13 nitrogen and oxygen atoms in total. The summed E-state index contributed by atoms with van der Waals surface area (Å²) in [4.78, 5) is 38.3. The largest absolute Gasteiger partial charge is 0.493 e. The summed E-state index contributed by atoms with van der Waals surface area (Å²) in [6.45, 7) is 5.99. The lowest BCUT2D eigenvalue weighted by Gasteiger charge is -2.34. The van der Waals surface area contributed by atoms with Crippen molar-refractivity contribution in [2.75, 3.05) is 63.2 Å². The molecule has 240 valence electrons. The van der Waals surface area contributed by atoms with Crippen LogP contribution in [0, 0.1) is 5.82 Å². The topological polar surface area (TPSA) is 138 Å². The Kier molecular flexibility index (Phi) is 9.66. The SMILES string of the molecule is COc1cc2ncnc(Nc3ccc(F)c(Cl)c3)c2cc1OCCCN1CCN(Cc2ccc(N3CCC(=O)NC3=O)nn2)CC1. The Hall–Kier alpha value is -4.66. The first-order valence-corrected chi connectivity index (χ1v) is 15.3. The Balaban J connectivity index is 0.978. The zero-order valence-corrected chi connectivity index (χ0v) is 26.0. The molecule has 6 rings (SSSR count). The molecule has 0 aliphatic carbocycles. The Morgan fingerprint density at radius 1 is 0.978 bits per heavy atom. The number of nitrogens with one attached hydrogen (secondary N) is 2. The summed E-state index contributed by atoms with van der Waals surface area (Å²) in [5, 5.41) is 14.7. The first kappa shape index (κ1) is 31.3. The van der Waals surface area contributed by atoms with Gasteiger partial charge in [-0.05, 0) is 42.8 Å². The standard InChI is InChI=1S/C31H33ClFN9O4/c1-45-26-17-25-22(30(35-19-34-25)36-20-3-5-24(33)23(32)15-20)16-27(26)46-14-2-8-40-10-12-41(13-11-40)18-21-4-6-28(39-38-21)42-9-7-29(43)37-31(42)44/h3-6,15-17,19H,2,7-14,18H2,1H3,(H,34,35,36)(H,37,43,44). The summed E-state index contributed by atoms with van der Waals surface area (Å²) in [7, 11) is 1.59. The van der Waals surface area contributed by atoms with Crippen LogP contribution in [0.1, 0.15) is 18.5 Å². The Labute approximate surface area is 269 Å². The molecule has 2 aromatic carbocycles. The van der Waals surface area contributed by atoms with E-state index in [1.807, 2.05) is 12.1 Å². The number of hydrogen-bond acceptors (Lipinski definition) is 11. The first-order chi connectivity index (χ1) is 22.4. The van der Waals surface area contributed by atoms with E-state index in [1.165, 1.54) is 23.4 Å². The molecule has 0 spiro atoms. The summed E-state index contributed by atoms with van der Waals surface area (Å²) in [6, 6.07) is 11.2. The van der Waals surface area contributed by atoms with E-state index in [0.717, 1.165) is 50.2 Å². The van der Waals surface area contributed by atoms with Gasteiger partial charge in [0.05, 0.1) is 29.9 Å². The van der Waals surface area contributed by atoms with E-state index in [1.54, 1.807) is 25.3 Å². The lowest BCUT2D eigenvalue weighted by atomic mass is 10.2. The smallest absolute Gasteiger partial charge is 0.329 e. The zero-order valence-electron chi connectivity index (χ0n) is 25.2.